The van der Waals surface area contributed by atoms with Crippen molar-refractivity contribution >= 4 is 41.7 Å². The number of thioether (sulfide) groups is 1. The normalized spacial score (nSPS) is 24.0. The molecule has 2 fully saturated rings. The first-order valence-electron chi connectivity index (χ1n) is 9.88. The average Bonchev–Trinajstić information content (AvgIpc) is 3.10. The third-order valence-electron chi connectivity index (χ3n) is 5.21. The standard InChI is InChI=1S/C20H31FN4OS.HI/c1-2-22-19(23-14-20(26)9-12-27-15-20)24-18-7-10-25(11-8-18)13-16-3-5-17(21)6-4-16;/h3-6,18,26H,2,7-15H2,1H3,(H2,22,23,24);1H. The largest absolute Gasteiger partial charge is 0.387 e. The lowest BCUT2D eigenvalue weighted by Crippen LogP contribution is -2.49. The van der Waals surface area contributed by atoms with Crippen molar-refractivity contribution in [3.63, 3.8) is 0 Å². The van der Waals surface area contributed by atoms with Crippen LogP contribution in [0.4, 0.5) is 4.39 Å². The number of hydrogen-bond acceptors (Lipinski definition) is 4. The van der Waals surface area contributed by atoms with Gasteiger partial charge in [0.25, 0.3) is 0 Å². The number of nitrogens with one attached hydrogen (secondary N) is 2. The number of benzene rings is 1. The van der Waals surface area contributed by atoms with Gasteiger partial charge in [0.2, 0.25) is 0 Å². The minimum atomic E-state index is -0.647. The molecular weight excluding hydrogens is 490 g/mol. The Balaban J connectivity index is 0.00000280. The highest BCUT2D eigenvalue weighted by Gasteiger charge is 2.31. The van der Waals surface area contributed by atoms with E-state index >= 15 is 0 Å². The van der Waals surface area contributed by atoms with Crippen LogP contribution in [-0.2, 0) is 6.54 Å². The second-order valence-electron chi connectivity index (χ2n) is 7.54. The Hall–Kier alpha value is -0.580. The van der Waals surface area contributed by atoms with E-state index in [0.29, 0.717) is 12.6 Å². The molecule has 1 unspecified atom stereocenters. The van der Waals surface area contributed by atoms with Gasteiger partial charge >= 0.3 is 0 Å². The summed E-state index contributed by atoms with van der Waals surface area (Å²) >= 11 is 1.80. The van der Waals surface area contributed by atoms with Crippen molar-refractivity contribution in [2.45, 2.75) is 44.4 Å². The Morgan fingerprint density at radius 2 is 2.04 bits per heavy atom. The number of aliphatic hydroxyl groups is 1. The zero-order valence-electron chi connectivity index (χ0n) is 16.5. The number of aliphatic imine (C=N–C) groups is 1. The lowest BCUT2D eigenvalue weighted by molar-refractivity contribution is 0.0778. The van der Waals surface area contributed by atoms with Crippen LogP contribution in [0.5, 0.6) is 0 Å². The van der Waals surface area contributed by atoms with Crippen molar-refractivity contribution in [3.05, 3.63) is 35.6 Å². The molecule has 2 saturated heterocycles. The molecule has 3 N–H and O–H groups in total. The summed E-state index contributed by atoms with van der Waals surface area (Å²) in [5.74, 6) is 2.41. The SMILES string of the molecule is CCNC(=NCC1(O)CCSC1)NC1CCN(Cc2ccc(F)cc2)CC1.I. The second kappa shape index (κ2) is 11.6. The van der Waals surface area contributed by atoms with Gasteiger partial charge in [-0.05, 0) is 49.6 Å². The quantitative estimate of drug-likeness (QED) is 0.305. The van der Waals surface area contributed by atoms with Gasteiger partial charge in [0.15, 0.2) is 5.96 Å². The van der Waals surface area contributed by atoms with Crippen molar-refractivity contribution in [1.82, 2.24) is 15.5 Å². The number of hydrogen-bond donors (Lipinski definition) is 3. The second-order valence-corrected chi connectivity index (χ2v) is 8.65. The van der Waals surface area contributed by atoms with Crippen LogP contribution in [-0.4, -0.2) is 65.3 Å². The van der Waals surface area contributed by atoms with Gasteiger partial charge in [0.05, 0.1) is 12.1 Å². The third-order valence-corrected chi connectivity index (χ3v) is 6.44. The molecule has 2 heterocycles. The van der Waals surface area contributed by atoms with Crippen LogP contribution in [0.25, 0.3) is 0 Å². The highest BCUT2D eigenvalue weighted by molar-refractivity contribution is 14.0. The van der Waals surface area contributed by atoms with Gasteiger partial charge in [-0.25, -0.2) is 4.39 Å². The Morgan fingerprint density at radius 1 is 1.32 bits per heavy atom. The summed E-state index contributed by atoms with van der Waals surface area (Å²) in [7, 11) is 0. The van der Waals surface area contributed by atoms with Crippen LogP contribution >= 0.6 is 35.7 Å². The zero-order chi connectivity index (χ0) is 19.1. The number of halogens is 2. The molecule has 2 aliphatic rings. The Labute approximate surface area is 189 Å². The maximum Gasteiger partial charge on any atom is 0.191 e. The van der Waals surface area contributed by atoms with Crippen molar-refractivity contribution in [1.29, 1.82) is 0 Å². The predicted octanol–water partition coefficient (Wildman–Crippen LogP) is 2.83. The monoisotopic (exact) mass is 522 g/mol. The molecule has 5 nitrogen and oxygen atoms in total. The van der Waals surface area contributed by atoms with E-state index in [0.717, 1.165) is 68.5 Å². The highest BCUT2D eigenvalue weighted by atomic mass is 127. The number of piperidine rings is 1. The number of rotatable bonds is 6. The molecule has 158 valence electrons. The summed E-state index contributed by atoms with van der Waals surface area (Å²) in [5.41, 5.74) is 0.506. The fourth-order valence-corrected chi connectivity index (χ4v) is 4.83. The first kappa shape index (κ1) is 23.7. The summed E-state index contributed by atoms with van der Waals surface area (Å²) < 4.78 is 13.0. The van der Waals surface area contributed by atoms with Crippen molar-refractivity contribution in [2.24, 2.45) is 4.99 Å². The van der Waals surface area contributed by atoms with E-state index in [1.54, 1.807) is 11.8 Å². The summed E-state index contributed by atoms with van der Waals surface area (Å²) in [6, 6.07) is 7.17. The molecule has 0 aliphatic carbocycles. The molecule has 0 saturated carbocycles. The van der Waals surface area contributed by atoms with Crippen molar-refractivity contribution < 1.29 is 9.50 Å². The van der Waals surface area contributed by atoms with Gasteiger partial charge in [-0.3, -0.25) is 9.89 Å². The summed E-state index contributed by atoms with van der Waals surface area (Å²) in [5, 5.41) is 17.3. The van der Waals surface area contributed by atoms with E-state index in [9.17, 15) is 9.50 Å². The van der Waals surface area contributed by atoms with Crippen LogP contribution < -0.4 is 10.6 Å². The van der Waals surface area contributed by atoms with Gasteiger partial charge in [0, 0.05) is 38.0 Å². The number of nitrogens with zero attached hydrogens (tertiary/aromatic N) is 2. The van der Waals surface area contributed by atoms with Crippen LogP contribution in [0.1, 0.15) is 31.7 Å². The molecule has 0 bridgehead atoms. The Bertz CT molecular complexity index is 617. The fourth-order valence-electron chi connectivity index (χ4n) is 3.54. The van der Waals surface area contributed by atoms with Gasteiger partial charge in [-0.15, -0.1) is 24.0 Å². The number of guanidine groups is 1. The minimum absolute atomic E-state index is 0. The van der Waals surface area contributed by atoms with Crippen molar-refractivity contribution in [3.8, 4) is 0 Å². The molecule has 0 aromatic heterocycles. The molecule has 1 atom stereocenters. The van der Waals surface area contributed by atoms with Crippen molar-refractivity contribution in [2.75, 3.05) is 37.7 Å². The first-order chi connectivity index (χ1) is 13.1. The molecule has 0 amide bonds. The molecule has 0 radical (unpaired) electrons. The molecule has 8 heteroatoms. The van der Waals surface area contributed by atoms with E-state index in [4.69, 9.17) is 0 Å². The fraction of sp³-hybridized carbons (Fsp3) is 0.650. The molecule has 2 aliphatic heterocycles. The summed E-state index contributed by atoms with van der Waals surface area (Å²) in [6.45, 7) is 6.21. The smallest absolute Gasteiger partial charge is 0.191 e. The van der Waals surface area contributed by atoms with Gasteiger partial charge < -0.3 is 15.7 Å². The van der Waals surface area contributed by atoms with E-state index < -0.39 is 5.60 Å². The van der Waals surface area contributed by atoms with E-state index in [-0.39, 0.29) is 29.8 Å². The first-order valence-corrected chi connectivity index (χ1v) is 11.0. The van der Waals surface area contributed by atoms with E-state index in [1.807, 2.05) is 12.1 Å². The molecular formula is C20H32FIN4OS. The maximum atomic E-state index is 13.0. The zero-order valence-corrected chi connectivity index (χ0v) is 19.6. The van der Waals surface area contributed by atoms with E-state index in [2.05, 4.69) is 27.4 Å². The lowest BCUT2D eigenvalue weighted by Gasteiger charge is -2.33. The topological polar surface area (TPSA) is 59.9 Å². The summed E-state index contributed by atoms with van der Waals surface area (Å²) in [6.07, 6.45) is 2.92. The van der Waals surface area contributed by atoms with Gasteiger partial charge in [0.1, 0.15) is 5.82 Å². The predicted molar refractivity (Wildman–Crippen MR) is 126 cm³/mol. The van der Waals surface area contributed by atoms with Gasteiger partial charge in [-0.2, -0.15) is 11.8 Å². The minimum Gasteiger partial charge on any atom is -0.387 e. The summed E-state index contributed by atoms with van der Waals surface area (Å²) in [4.78, 5) is 7.05. The molecule has 1 aromatic rings. The van der Waals surface area contributed by atoms with Crippen LogP contribution in [0.3, 0.4) is 0 Å². The third kappa shape index (κ3) is 7.35. The maximum absolute atomic E-state index is 13.0. The Kier molecular flexibility index (Phi) is 9.79. The highest BCUT2D eigenvalue weighted by Crippen LogP contribution is 2.27. The molecule has 0 spiro atoms. The molecule has 1 aromatic carbocycles. The molecule has 28 heavy (non-hydrogen) atoms. The average molecular weight is 522 g/mol. The lowest BCUT2D eigenvalue weighted by atomic mass is 10.0. The molecule has 3 rings (SSSR count). The number of likely N-dealkylation sites (tertiary alicyclic amines) is 1. The van der Waals surface area contributed by atoms with Gasteiger partial charge in [-0.1, -0.05) is 12.1 Å². The van der Waals surface area contributed by atoms with Crippen LogP contribution in [0, 0.1) is 5.82 Å². The van der Waals surface area contributed by atoms with Crippen LogP contribution in [0.2, 0.25) is 0 Å². The Morgan fingerprint density at radius 3 is 2.64 bits per heavy atom. The van der Waals surface area contributed by atoms with E-state index in [1.165, 1.54) is 12.1 Å². The van der Waals surface area contributed by atoms with Crippen LogP contribution in [0.15, 0.2) is 29.3 Å².